The number of hydrogen-bond acceptors (Lipinski definition) is 5. The van der Waals surface area contributed by atoms with E-state index in [1.54, 1.807) is 13.2 Å². The van der Waals surface area contributed by atoms with Crippen LogP contribution in [0.1, 0.15) is 11.1 Å². The number of aryl methyl sites for hydroxylation is 1. The van der Waals surface area contributed by atoms with Crippen LogP contribution in [0.15, 0.2) is 67.0 Å². The quantitative estimate of drug-likeness (QED) is 0.468. The molecule has 0 unspecified atom stereocenters. The number of rotatable bonds is 5. The Morgan fingerprint density at radius 1 is 1.12 bits per heavy atom. The molecule has 1 aliphatic rings. The summed E-state index contributed by atoms with van der Waals surface area (Å²) in [5.41, 5.74) is 5.11. The molecule has 7 nitrogen and oxygen atoms in total. The smallest absolute Gasteiger partial charge is 0.248 e. The molecule has 1 aliphatic heterocycles. The van der Waals surface area contributed by atoms with Crippen LogP contribution in [0.2, 0.25) is 0 Å². The van der Waals surface area contributed by atoms with Gasteiger partial charge >= 0.3 is 0 Å². The summed E-state index contributed by atoms with van der Waals surface area (Å²) in [5, 5.41) is 2.90. The molecule has 5 rings (SSSR count). The highest BCUT2D eigenvalue weighted by Crippen LogP contribution is 2.33. The third-order valence-electron chi connectivity index (χ3n) is 5.19. The van der Waals surface area contributed by atoms with Gasteiger partial charge in [0.25, 0.3) is 0 Å². The van der Waals surface area contributed by atoms with Crippen LogP contribution in [-0.2, 0) is 4.79 Å². The maximum Gasteiger partial charge on any atom is 0.248 e. The first-order valence-electron chi connectivity index (χ1n) is 10.1. The number of carbonyl (C=O) groups excluding carboxylic acids is 1. The topological polar surface area (TPSA) is 74.1 Å². The molecule has 0 saturated carbocycles. The highest BCUT2D eigenvalue weighted by atomic mass is 16.7. The Balaban J connectivity index is 1.38. The summed E-state index contributed by atoms with van der Waals surface area (Å²) in [5.74, 6) is 1.67. The number of carbonyl (C=O) groups is 1. The molecule has 4 aromatic rings. The van der Waals surface area contributed by atoms with Gasteiger partial charge in [-0.1, -0.05) is 6.07 Å². The number of pyridine rings is 1. The Kier molecular flexibility index (Phi) is 4.99. The first kappa shape index (κ1) is 19.7. The minimum Gasteiger partial charge on any atom is -0.495 e. The molecule has 0 aliphatic carbocycles. The molecule has 0 atom stereocenters. The van der Waals surface area contributed by atoms with Crippen molar-refractivity contribution < 1.29 is 19.0 Å². The van der Waals surface area contributed by atoms with Crippen LogP contribution >= 0.6 is 0 Å². The molecular weight excluding hydrogens is 406 g/mol. The van der Waals surface area contributed by atoms with Gasteiger partial charge in [-0.2, -0.15) is 0 Å². The van der Waals surface area contributed by atoms with Crippen LogP contribution in [0.5, 0.6) is 17.2 Å². The van der Waals surface area contributed by atoms with Crippen LogP contribution < -0.4 is 19.5 Å². The van der Waals surface area contributed by atoms with Gasteiger partial charge < -0.3 is 23.9 Å². The number of imidazole rings is 1. The van der Waals surface area contributed by atoms with Gasteiger partial charge in [0.05, 0.1) is 18.5 Å². The summed E-state index contributed by atoms with van der Waals surface area (Å²) in [6.07, 6.45) is 7.13. The van der Waals surface area contributed by atoms with E-state index in [0.29, 0.717) is 22.9 Å². The molecule has 2 aromatic heterocycles. The molecule has 32 heavy (non-hydrogen) atoms. The Labute approximate surface area is 184 Å². The van der Waals surface area contributed by atoms with Crippen molar-refractivity contribution in [1.29, 1.82) is 0 Å². The van der Waals surface area contributed by atoms with E-state index in [1.807, 2.05) is 72.2 Å². The second kappa shape index (κ2) is 8.11. The van der Waals surface area contributed by atoms with Crippen molar-refractivity contribution in [2.75, 3.05) is 19.2 Å². The third-order valence-corrected chi connectivity index (χ3v) is 5.19. The molecule has 1 N–H and O–H groups in total. The minimum atomic E-state index is -0.274. The SMILES string of the molecule is COc1ccc(-c2cn3ccc(C)cc3n2)cc1NC(=O)/C=C/c1ccc2c(c1)OCO2. The van der Waals surface area contributed by atoms with Crippen molar-refractivity contribution in [3.05, 3.63) is 78.1 Å². The highest BCUT2D eigenvalue weighted by Gasteiger charge is 2.13. The van der Waals surface area contributed by atoms with Crippen molar-refractivity contribution >= 4 is 23.3 Å². The summed E-state index contributed by atoms with van der Waals surface area (Å²) < 4.78 is 18.1. The third kappa shape index (κ3) is 3.88. The zero-order valence-electron chi connectivity index (χ0n) is 17.7. The van der Waals surface area contributed by atoms with Crippen molar-refractivity contribution in [3.63, 3.8) is 0 Å². The van der Waals surface area contributed by atoms with Gasteiger partial charge in [-0.25, -0.2) is 4.98 Å². The number of fused-ring (bicyclic) bond motifs is 2. The van der Waals surface area contributed by atoms with E-state index >= 15 is 0 Å². The monoisotopic (exact) mass is 427 g/mol. The van der Waals surface area contributed by atoms with E-state index in [9.17, 15) is 4.79 Å². The lowest BCUT2D eigenvalue weighted by Gasteiger charge is -2.10. The van der Waals surface area contributed by atoms with Crippen LogP contribution in [0.4, 0.5) is 5.69 Å². The van der Waals surface area contributed by atoms with Crippen LogP contribution in [0.3, 0.4) is 0 Å². The molecule has 0 spiro atoms. The Morgan fingerprint density at radius 3 is 2.88 bits per heavy atom. The largest absolute Gasteiger partial charge is 0.495 e. The number of nitrogens with one attached hydrogen (secondary N) is 1. The molecule has 1 amide bonds. The first-order valence-corrected chi connectivity index (χ1v) is 10.1. The van der Waals surface area contributed by atoms with Gasteiger partial charge in [0, 0.05) is 24.0 Å². The molecule has 7 heteroatoms. The fourth-order valence-corrected chi connectivity index (χ4v) is 3.55. The Morgan fingerprint density at radius 2 is 2.00 bits per heavy atom. The first-order chi connectivity index (χ1) is 15.6. The van der Waals surface area contributed by atoms with E-state index in [2.05, 4.69) is 5.32 Å². The molecule has 0 bridgehead atoms. The highest BCUT2D eigenvalue weighted by molar-refractivity contribution is 6.03. The molecule has 0 fully saturated rings. The summed E-state index contributed by atoms with van der Waals surface area (Å²) in [6.45, 7) is 2.25. The Bertz CT molecular complexity index is 1360. The second-order valence-corrected chi connectivity index (χ2v) is 7.45. The van der Waals surface area contributed by atoms with Gasteiger partial charge in [0.15, 0.2) is 11.5 Å². The Hall–Kier alpha value is -4.26. The number of hydrogen-bond donors (Lipinski definition) is 1. The standard InChI is InChI=1S/C25H21N3O4/c1-16-9-10-28-14-20(26-24(28)11-16)18-5-7-21(30-2)19(13-18)27-25(29)8-4-17-3-6-22-23(12-17)32-15-31-22/h3-14H,15H2,1-2H3,(H,27,29)/b8-4+. The van der Waals surface area contributed by atoms with E-state index < -0.39 is 0 Å². The average Bonchev–Trinajstić information content (AvgIpc) is 3.43. The summed E-state index contributed by atoms with van der Waals surface area (Å²) in [6, 6.07) is 15.2. The number of anilines is 1. The van der Waals surface area contributed by atoms with Crippen molar-refractivity contribution in [3.8, 4) is 28.5 Å². The lowest BCUT2D eigenvalue weighted by atomic mass is 10.1. The van der Waals surface area contributed by atoms with Crippen LogP contribution in [0.25, 0.3) is 23.0 Å². The normalized spacial score (nSPS) is 12.4. The molecule has 2 aromatic carbocycles. The number of amides is 1. The number of ether oxygens (including phenoxy) is 3. The fraction of sp³-hybridized carbons (Fsp3) is 0.120. The van der Waals surface area contributed by atoms with Crippen LogP contribution in [0, 0.1) is 6.92 Å². The van der Waals surface area contributed by atoms with E-state index in [-0.39, 0.29) is 12.7 Å². The van der Waals surface area contributed by atoms with Crippen molar-refractivity contribution in [1.82, 2.24) is 9.38 Å². The van der Waals surface area contributed by atoms with E-state index in [0.717, 1.165) is 28.0 Å². The zero-order chi connectivity index (χ0) is 22.1. The number of nitrogens with zero attached hydrogens (tertiary/aromatic N) is 2. The summed E-state index contributed by atoms with van der Waals surface area (Å²) in [7, 11) is 1.57. The average molecular weight is 427 g/mol. The van der Waals surface area contributed by atoms with Crippen molar-refractivity contribution in [2.45, 2.75) is 6.92 Å². The van der Waals surface area contributed by atoms with E-state index in [1.165, 1.54) is 6.08 Å². The summed E-state index contributed by atoms with van der Waals surface area (Å²) in [4.78, 5) is 17.3. The van der Waals surface area contributed by atoms with Gasteiger partial charge in [0.1, 0.15) is 11.4 Å². The van der Waals surface area contributed by atoms with Gasteiger partial charge in [-0.15, -0.1) is 0 Å². The van der Waals surface area contributed by atoms with E-state index in [4.69, 9.17) is 19.2 Å². The van der Waals surface area contributed by atoms with Gasteiger partial charge in [-0.05, 0) is 66.6 Å². The maximum absolute atomic E-state index is 12.6. The van der Waals surface area contributed by atoms with Crippen molar-refractivity contribution in [2.24, 2.45) is 0 Å². The fourth-order valence-electron chi connectivity index (χ4n) is 3.55. The number of benzene rings is 2. The molecule has 160 valence electrons. The van der Waals surface area contributed by atoms with Crippen LogP contribution in [-0.4, -0.2) is 29.2 Å². The molecule has 0 radical (unpaired) electrons. The zero-order valence-corrected chi connectivity index (χ0v) is 17.7. The predicted molar refractivity (Wildman–Crippen MR) is 122 cm³/mol. The van der Waals surface area contributed by atoms with Gasteiger partial charge in [0.2, 0.25) is 12.7 Å². The number of aromatic nitrogens is 2. The van der Waals surface area contributed by atoms with Gasteiger partial charge in [-0.3, -0.25) is 4.79 Å². The number of methoxy groups -OCH3 is 1. The molecular formula is C25H21N3O4. The predicted octanol–water partition coefficient (Wildman–Crippen LogP) is 4.70. The molecule has 3 heterocycles. The molecule has 0 saturated heterocycles. The lowest BCUT2D eigenvalue weighted by Crippen LogP contribution is -2.09. The minimum absolute atomic E-state index is 0.213. The maximum atomic E-state index is 12.6. The lowest BCUT2D eigenvalue weighted by molar-refractivity contribution is -0.111. The second-order valence-electron chi connectivity index (χ2n) is 7.45. The summed E-state index contributed by atoms with van der Waals surface area (Å²) >= 11 is 0.